The Labute approximate surface area is 188 Å². The zero-order valence-electron chi connectivity index (χ0n) is 17.9. The Morgan fingerprint density at radius 1 is 0.938 bits per heavy atom. The summed E-state index contributed by atoms with van der Waals surface area (Å²) in [5.41, 5.74) is 4.21. The molecule has 0 aliphatic rings. The smallest absolute Gasteiger partial charge is 0.307 e. The monoisotopic (exact) mass is 435 g/mol. The van der Waals surface area contributed by atoms with Gasteiger partial charge in [0, 0.05) is 12.1 Å². The molecule has 168 valence electrons. The van der Waals surface area contributed by atoms with Crippen molar-refractivity contribution in [2.24, 2.45) is 0 Å². The lowest BCUT2D eigenvalue weighted by atomic mass is 10.0. The zero-order valence-corrected chi connectivity index (χ0v) is 17.9. The number of ether oxygens (including phenoxy) is 1. The van der Waals surface area contributed by atoms with Gasteiger partial charge in [0.15, 0.2) is 0 Å². The van der Waals surface area contributed by atoms with Crippen LogP contribution in [0.1, 0.15) is 33.9 Å². The van der Waals surface area contributed by atoms with Crippen molar-refractivity contribution in [1.29, 1.82) is 0 Å². The maximum absolute atomic E-state index is 10.9. The molecule has 0 saturated carbocycles. The summed E-state index contributed by atoms with van der Waals surface area (Å²) < 4.78 is 5.84. The van der Waals surface area contributed by atoms with E-state index >= 15 is 0 Å². The fourth-order valence-electron chi connectivity index (χ4n) is 3.47. The summed E-state index contributed by atoms with van der Waals surface area (Å²) in [5.74, 6) is -0.247. The summed E-state index contributed by atoms with van der Waals surface area (Å²) in [6, 6.07) is 22.7. The lowest BCUT2D eigenvalue weighted by Gasteiger charge is -2.16. The minimum Gasteiger partial charge on any atom is -0.489 e. The molecule has 3 rings (SSSR count). The van der Waals surface area contributed by atoms with E-state index in [-0.39, 0.29) is 13.0 Å². The SMILES string of the molecule is O=C(O)Cc1cccc(CCNC[C@H](O)c2ccc(OCc3ccccc3)c(CO)c2)c1. The average Bonchev–Trinajstić information content (AvgIpc) is 2.80. The number of hydrogen-bond acceptors (Lipinski definition) is 5. The van der Waals surface area contributed by atoms with Crippen molar-refractivity contribution in [3.63, 3.8) is 0 Å². The predicted octanol–water partition coefficient (Wildman–Crippen LogP) is 3.25. The highest BCUT2D eigenvalue weighted by Crippen LogP contribution is 2.24. The Hall–Kier alpha value is -3.19. The summed E-state index contributed by atoms with van der Waals surface area (Å²) in [6.07, 6.45) is 0.0221. The van der Waals surface area contributed by atoms with E-state index in [1.807, 2.05) is 48.5 Å². The van der Waals surface area contributed by atoms with E-state index in [2.05, 4.69) is 5.32 Å². The predicted molar refractivity (Wildman–Crippen MR) is 122 cm³/mol. The molecule has 0 bridgehead atoms. The molecule has 0 amide bonds. The third-order valence-electron chi connectivity index (χ3n) is 5.15. The fraction of sp³-hybridized carbons (Fsp3) is 0.269. The Morgan fingerprint density at radius 2 is 1.69 bits per heavy atom. The Bertz CT molecular complexity index is 1010. The van der Waals surface area contributed by atoms with Crippen LogP contribution in [0.3, 0.4) is 0 Å². The first kappa shape index (κ1) is 23.5. The fourth-order valence-corrected chi connectivity index (χ4v) is 3.47. The van der Waals surface area contributed by atoms with Crippen molar-refractivity contribution in [1.82, 2.24) is 5.32 Å². The van der Waals surface area contributed by atoms with Crippen LogP contribution in [0.15, 0.2) is 72.8 Å². The van der Waals surface area contributed by atoms with Crippen LogP contribution in [0, 0.1) is 0 Å². The highest BCUT2D eigenvalue weighted by Gasteiger charge is 2.11. The Kier molecular flexibility index (Phi) is 8.80. The van der Waals surface area contributed by atoms with Crippen LogP contribution in [0.4, 0.5) is 0 Å². The van der Waals surface area contributed by atoms with Gasteiger partial charge in [-0.3, -0.25) is 4.79 Å². The molecule has 0 unspecified atom stereocenters. The number of aliphatic hydroxyl groups excluding tert-OH is 2. The first-order valence-electron chi connectivity index (χ1n) is 10.6. The zero-order chi connectivity index (χ0) is 22.8. The van der Waals surface area contributed by atoms with Crippen molar-refractivity contribution >= 4 is 5.97 Å². The van der Waals surface area contributed by atoms with E-state index in [9.17, 15) is 15.0 Å². The summed E-state index contributed by atoms with van der Waals surface area (Å²) in [7, 11) is 0. The lowest BCUT2D eigenvalue weighted by Crippen LogP contribution is -2.24. The Balaban J connectivity index is 1.49. The first-order chi connectivity index (χ1) is 15.5. The van der Waals surface area contributed by atoms with E-state index in [0.29, 0.717) is 36.6 Å². The molecule has 4 N–H and O–H groups in total. The number of carbonyl (C=O) groups is 1. The third kappa shape index (κ3) is 7.20. The summed E-state index contributed by atoms with van der Waals surface area (Å²) in [4.78, 5) is 10.9. The molecule has 3 aromatic carbocycles. The second-order valence-corrected chi connectivity index (χ2v) is 7.66. The average molecular weight is 436 g/mol. The van der Waals surface area contributed by atoms with Gasteiger partial charge >= 0.3 is 5.97 Å². The number of hydrogen-bond donors (Lipinski definition) is 4. The number of carboxylic acids is 1. The number of nitrogens with one attached hydrogen (secondary N) is 1. The van der Waals surface area contributed by atoms with E-state index < -0.39 is 12.1 Å². The van der Waals surface area contributed by atoms with E-state index in [1.165, 1.54) is 0 Å². The van der Waals surface area contributed by atoms with E-state index in [4.69, 9.17) is 9.84 Å². The van der Waals surface area contributed by atoms with Crippen molar-refractivity contribution in [2.75, 3.05) is 13.1 Å². The second kappa shape index (κ2) is 12.0. The van der Waals surface area contributed by atoms with Crippen LogP contribution >= 0.6 is 0 Å². The van der Waals surface area contributed by atoms with Crippen molar-refractivity contribution in [2.45, 2.75) is 32.2 Å². The van der Waals surface area contributed by atoms with Crippen LogP contribution in [0.5, 0.6) is 5.75 Å². The second-order valence-electron chi connectivity index (χ2n) is 7.66. The van der Waals surface area contributed by atoms with Crippen LogP contribution in [0.2, 0.25) is 0 Å². The Morgan fingerprint density at radius 3 is 2.44 bits per heavy atom. The number of rotatable bonds is 12. The molecule has 0 aliphatic carbocycles. The summed E-state index contributed by atoms with van der Waals surface area (Å²) in [5, 5.41) is 32.4. The van der Waals surface area contributed by atoms with Crippen LogP contribution in [0.25, 0.3) is 0 Å². The van der Waals surface area contributed by atoms with Crippen molar-refractivity contribution in [3.8, 4) is 5.75 Å². The van der Waals surface area contributed by atoms with Gasteiger partial charge in [-0.25, -0.2) is 0 Å². The van der Waals surface area contributed by atoms with E-state index in [0.717, 1.165) is 23.1 Å². The molecule has 0 saturated heterocycles. The molecule has 0 heterocycles. The molecule has 0 radical (unpaired) electrons. The third-order valence-corrected chi connectivity index (χ3v) is 5.15. The molecule has 0 fully saturated rings. The standard InChI is InChI=1S/C26H29NO5/c28-17-23-15-22(9-10-25(23)32-18-20-5-2-1-3-6-20)24(29)16-27-12-11-19-7-4-8-21(13-19)14-26(30)31/h1-10,13,15,24,27-29H,11-12,14,16-18H2,(H,30,31)/t24-/m0/s1. The van der Waals surface area contributed by atoms with Gasteiger partial charge in [0.05, 0.1) is 19.1 Å². The maximum Gasteiger partial charge on any atom is 0.307 e. The number of aliphatic carboxylic acids is 1. The molecule has 3 aromatic rings. The van der Waals surface area contributed by atoms with Gasteiger partial charge in [0.2, 0.25) is 0 Å². The van der Waals surface area contributed by atoms with Gasteiger partial charge < -0.3 is 25.4 Å². The van der Waals surface area contributed by atoms with Gasteiger partial charge in [0.1, 0.15) is 12.4 Å². The van der Waals surface area contributed by atoms with Crippen molar-refractivity contribution in [3.05, 3.63) is 101 Å². The summed E-state index contributed by atoms with van der Waals surface area (Å²) in [6.45, 7) is 1.25. The maximum atomic E-state index is 10.9. The number of benzene rings is 3. The van der Waals surface area contributed by atoms with E-state index in [1.54, 1.807) is 24.3 Å². The van der Waals surface area contributed by atoms with Gasteiger partial charge in [-0.2, -0.15) is 0 Å². The molecule has 0 aliphatic heterocycles. The largest absolute Gasteiger partial charge is 0.489 e. The van der Waals surface area contributed by atoms with Crippen molar-refractivity contribution < 1.29 is 24.9 Å². The van der Waals surface area contributed by atoms with Crippen LogP contribution in [-0.4, -0.2) is 34.4 Å². The minimum atomic E-state index is -0.845. The lowest BCUT2D eigenvalue weighted by molar-refractivity contribution is -0.136. The highest BCUT2D eigenvalue weighted by molar-refractivity contribution is 5.70. The van der Waals surface area contributed by atoms with Crippen LogP contribution < -0.4 is 10.1 Å². The van der Waals surface area contributed by atoms with Gasteiger partial charge in [0.25, 0.3) is 0 Å². The summed E-state index contributed by atoms with van der Waals surface area (Å²) >= 11 is 0. The van der Waals surface area contributed by atoms with Crippen LogP contribution in [-0.2, 0) is 30.8 Å². The molecule has 1 atom stereocenters. The minimum absolute atomic E-state index is 0.0121. The number of carboxylic acid groups (broad SMARTS) is 1. The molecular weight excluding hydrogens is 406 g/mol. The molecule has 6 heteroatoms. The topological polar surface area (TPSA) is 99.0 Å². The quantitative estimate of drug-likeness (QED) is 0.326. The molecule has 0 aromatic heterocycles. The number of aliphatic hydroxyl groups is 2. The highest BCUT2D eigenvalue weighted by atomic mass is 16.5. The van der Waals surface area contributed by atoms with Gasteiger partial charge in [-0.1, -0.05) is 60.7 Å². The molecule has 6 nitrogen and oxygen atoms in total. The molecular formula is C26H29NO5. The van der Waals surface area contributed by atoms with Gasteiger partial charge in [-0.15, -0.1) is 0 Å². The normalized spacial score (nSPS) is 11.8. The molecule has 32 heavy (non-hydrogen) atoms. The first-order valence-corrected chi connectivity index (χ1v) is 10.6. The molecule has 0 spiro atoms. The van der Waals surface area contributed by atoms with Gasteiger partial charge in [-0.05, 0) is 47.4 Å².